The zero-order valence-electron chi connectivity index (χ0n) is 10.8. The summed E-state index contributed by atoms with van der Waals surface area (Å²) in [5.74, 6) is 0.912. The molecular formula is C11H21N5O. The molecule has 0 radical (unpaired) electrons. The molecule has 1 unspecified atom stereocenters. The van der Waals surface area contributed by atoms with E-state index < -0.39 is 0 Å². The molecule has 0 bridgehead atoms. The van der Waals surface area contributed by atoms with Crippen molar-refractivity contribution in [2.75, 3.05) is 13.2 Å². The van der Waals surface area contributed by atoms with Crippen molar-refractivity contribution in [2.45, 2.75) is 51.8 Å². The van der Waals surface area contributed by atoms with Crippen LogP contribution >= 0.6 is 0 Å². The van der Waals surface area contributed by atoms with Gasteiger partial charge < -0.3 is 10.1 Å². The summed E-state index contributed by atoms with van der Waals surface area (Å²) < 4.78 is 7.67. The third-order valence-electron chi connectivity index (χ3n) is 3.11. The molecule has 0 saturated carbocycles. The van der Waals surface area contributed by atoms with E-state index in [1.807, 2.05) is 4.68 Å². The van der Waals surface area contributed by atoms with Gasteiger partial charge in [-0.05, 0) is 43.7 Å². The Labute approximate surface area is 102 Å². The second kappa shape index (κ2) is 5.10. The van der Waals surface area contributed by atoms with Crippen LogP contribution in [0.25, 0.3) is 0 Å². The quantitative estimate of drug-likeness (QED) is 0.846. The topological polar surface area (TPSA) is 64.9 Å². The third kappa shape index (κ3) is 3.01. The predicted molar refractivity (Wildman–Crippen MR) is 63.5 cm³/mol. The lowest BCUT2D eigenvalue weighted by Gasteiger charge is -2.35. The van der Waals surface area contributed by atoms with Crippen LogP contribution in [0.3, 0.4) is 0 Å². The van der Waals surface area contributed by atoms with E-state index in [4.69, 9.17) is 4.74 Å². The summed E-state index contributed by atoms with van der Waals surface area (Å²) in [6.45, 7) is 8.73. The average molecular weight is 239 g/mol. The number of ether oxygens (including phenoxy) is 1. The molecule has 6 nitrogen and oxygen atoms in total. The molecule has 0 aromatic carbocycles. The maximum Gasteiger partial charge on any atom is 0.165 e. The SMILES string of the molecule is CCNCc1nnnn1C1CCOC(C)(C)C1. The van der Waals surface area contributed by atoms with Gasteiger partial charge in [-0.1, -0.05) is 6.92 Å². The molecule has 6 heteroatoms. The van der Waals surface area contributed by atoms with Crippen molar-refractivity contribution in [2.24, 2.45) is 0 Å². The van der Waals surface area contributed by atoms with Crippen LogP contribution in [-0.2, 0) is 11.3 Å². The van der Waals surface area contributed by atoms with Crippen molar-refractivity contribution in [3.63, 3.8) is 0 Å². The summed E-state index contributed by atoms with van der Waals surface area (Å²) >= 11 is 0. The Morgan fingerprint density at radius 2 is 2.35 bits per heavy atom. The zero-order valence-corrected chi connectivity index (χ0v) is 10.8. The largest absolute Gasteiger partial charge is 0.375 e. The van der Waals surface area contributed by atoms with E-state index in [1.54, 1.807) is 0 Å². The number of rotatable bonds is 4. The van der Waals surface area contributed by atoms with Crippen LogP contribution in [-0.4, -0.2) is 39.0 Å². The lowest BCUT2D eigenvalue weighted by atomic mass is 9.94. The van der Waals surface area contributed by atoms with Gasteiger partial charge in [-0.3, -0.25) is 0 Å². The molecule has 0 amide bonds. The van der Waals surface area contributed by atoms with Gasteiger partial charge in [-0.15, -0.1) is 5.10 Å². The molecule has 1 aliphatic rings. The summed E-state index contributed by atoms with van der Waals surface area (Å²) in [5.41, 5.74) is -0.0790. The highest BCUT2D eigenvalue weighted by Crippen LogP contribution is 2.31. The molecule has 2 rings (SSSR count). The van der Waals surface area contributed by atoms with Gasteiger partial charge in [0.1, 0.15) is 0 Å². The molecule has 0 spiro atoms. The Morgan fingerprint density at radius 1 is 1.53 bits per heavy atom. The third-order valence-corrected chi connectivity index (χ3v) is 3.11. The molecule has 1 aromatic rings. The van der Waals surface area contributed by atoms with Crippen LogP contribution in [0, 0.1) is 0 Å². The van der Waals surface area contributed by atoms with E-state index >= 15 is 0 Å². The highest BCUT2D eigenvalue weighted by molar-refractivity contribution is 4.88. The first-order valence-electron chi connectivity index (χ1n) is 6.24. The van der Waals surface area contributed by atoms with Crippen molar-refractivity contribution >= 4 is 0 Å². The number of nitrogens with one attached hydrogen (secondary N) is 1. The monoisotopic (exact) mass is 239 g/mol. The first kappa shape index (κ1) is 12.4. The van der Waals surface area contributed by atoms with Crippen LogP contribution in [0.2, 0.25) is 0 Å². The minimum absolute atomic E-state index is 0.0790. The minimum Gasteiger partial charge on any atom is -0.375 e. The Bertz CT molecular complexity index is 362. The number of hydrogen-bond donors (Lipinski definition) is 1. The Morgan fingerprint density at radius 3 is 3.06 bits per heavy atom. The molecule has 96 valence electrons. The van der Waals surface area contributed by atoms with Gasteiger partial charge in [-0.2, -0.15) is 0 Å². The van der Waals surface area contributed by atoms with E-state index in [-0.39, 0.29) is 5.60 Å². The second-order valence-corrected chi connectivity index (χ2v) is 5.07. The molecule has 1 aliphatic heterocycles. The highest BCUT2D eigenvalue weighted by atomic mass is 16.5. The van der Waals surface area contributed by atoms with Gasteiger partial charge in [0.25, 0.3) is 0 Å². The van der Waals surface area contributed by atoms with Gasteiger partial charge in [0, 0.05) is 6.61 Å². The fraction of sp³-hybridized carbons (Fsp3) is 0.909. The van der Waals surface area contributed by atoms with E-state index in [0.29, 0.717) is 6.04 Å². The lowest BCUT2D eigenvalue weighted by Crippen LogP contribution is -2.36. The minimum atomic E-state index is -0.0790. The number of tetrazole rings is 1. The number of nitrogens with zero attached hydrogens (tertiary/aromatic N) is 4. The predicted octanol–water partition coefficient (Wildman–Crippen LogP) is 0.913. The van der Waals surface area contributed by atoms with Crippen LogP contribution < -0.4 is 5.32 Å². The summed E-state index contributed by atoms with van der Waals surface area (Å²) in [6, 6.07) is 0.349. The van der Waals surface area contributed by atoms with E-state index in [2.05, 4.69) is 41.6 Å². The van der Waals surface area contributed by atoms with Crippen molar-refractivity contribution in [3.05, 3.63) is 5.82 Å². The Hall–Kier alpha value is -1.01. The number of aromatic nitrogens is 4. The van der Waals surface area contributed by atoms with E-state index in [1.165, 1.54) is 0 Å². The molecular weight excluding hydrogens is 218 g/mol. The smallest absolute Gasteiger partial charge is 0.165 e. The second-order valence-electron chi connectivity index (χ2n) is 5.07. The van der Waals surface area contributed by atoms with Crippen LogP contribution in [0.4, 0.5) is 0 Å². The highest BCUT2D eigenvalue weighted by Gasteiger charge is 2.31. The van der Waals surface area contributed by atoms with Gasteiger partial charge >= 0.3 is 0 Å². The molecule has 1 aromatic heterocycles. The molecule has 1 N–H and O–H groups in total. The van der Waals surface area contributed by atoms with Crippen molar-refractivity contribution in [1.82, 2.24) is 25.5 Å². The van der Waals surface area contributed by atoms with Crippen molar-refractivity contribution < 1.29 is 4.74 Å². The molecule has 0 aliphatic carbocycles. The maximum absolute atomic E-state index is 5.72. The lowest BCUT2D eigenvalue weighted by molar-refractivity contribution is -0.0714. The fourth-order valence-corrected chi connectivity index (χ4v) is 2.26. The fourth-order valence-electron chi connectivity index (χ4n) is 2.26. The molecule has 1 saturated heterocycles. The summed E-state index contributed by atoms with van der Waals surface area (Å²) in [7, 11) is 0. The molecule has 17 heavy (non-hydrogen) atoms. The van der Waals surface area contributed by atoms with Crippen molar-refractivity contribution in [1.29, 1.82) is 0 Å². The summed E-state index contributed by atoms with van der Waals surface area (Å²) in [5, 5.41) is 15.2. The van der Waals surface area contributed by atoms with Gasteiger partial charge in [0.05, 0.1) is 18.2 Å². The van der Waals surface area contributed by atoms with E-state index in [9.17, 15) is 0 Å². The van der Waals surface area contributed by atoms with E-state index in [0.717, 1.165) is 38.4 Å². The van der Waals surface area contributed by atoms with Gasteiger partial charge in [-0.25, -0.2) is 4.68 Å². The molecule has 1 fully saturated rings. The maximum atomic E-state index is 5.72. The normalized spacial score (nSPS) is 23.8. The first-order chi connectivity index (χ1) is 8.12. The summed E-state index contributed by atoms with van der Waals surface area (Å²) in [4.78, 5) is 0. The van der Waals surface area contributed by atoms with Crippen LogP contribution in [0.15, 0.2) is 0 Å². The molecule has 2 heterocycles. The van der Waals surface area contributed by atoms with Gasteiger partial charge in [0.2, 0.25) is 0 Å². The number of hydrogen-bond acceptors (Lipinski definition) is 5. The zero-order chi connectivity index (χ0) is 12.3. The molecule has 1 atom stereocenters. The first-order valence-corrected chi connectivity index (χ1v) is 6.24. The Balaban J connectivity index is 2.08. The standard InChI is InChI=1S/C11H21N5O/c1-4-12-8-10-13-14-15-16(10)9-5-6-17-11(2,3)7-9/h9,12H,4-8H2,1-3H3. The summed E-state index contributed by atoms with van der Waals surface area (Å²) in [6.07, 6.45) is 1.94. The van der Waals surface area contributed by atoms with Crippen LogP contribution in [0.5, 0.6) is 0 Å². The van der Waals surface area contributed by atoms with Crippen molar-refractivity contribution in [3.8, 4) is 0 Å². The van der Waals surface area contributed by atoms with Crippen LogP contribution in [0.1, 0.15) is 45.5 Å². The Kier molecular flexibility index (Phi) is 3.73. The average Bonchev–Trinajstić information content (AvgIpc) is 2.73. The van der Waals surface area contributed by atoms with Gasteiger partial charge in [0.15, 0.2) is 5.82 Å².